The number of sulfonamides is 4. The van der Waals surface area contributed by atoms with E-state index in [2.05, 4.69) is 18.9 Å². The minimum absolute atomic E-state index is 0.00941. The van der Waals surface area contributed by atoms with Gasteiger partial charge in [0.15, 0.2) is 0 Å². The summed E-state index contributed by atoms with van der Waals surface area (Å²) in [5.41, 5.74) is 0.473. The summed E-state index contributed by atoms with van der Waals surface area (Å²) in [6, 6.07) is 19.2. The van der Waals surface area contributed by atoms with Crippen molar-refractivity contribution in [1.29, 1.82) is 0 Å². The predicted octanol–water partition coefficient (Wildman–Crippen LogP) is 7.51. The number of benzene rings is 4. The summed E-state index contributed by atoms with van der Waals surface area (Å²) < 4.78 is 119. The van der Waals surface area contributed by atoms with Gasteiger partial charge in [-0.3, -0.25) is 28.4 Å². The highest BCUT2D eigenvalue weighted by Gasteiger charge is 2.33. The number of rotatable bonds is 17. The topological polar surface area (TPSA) is 275 Å². The first-order valence-electron chi connectivity index (χ1n) is 24.6. The number of nitrogens with zero attached hydrogens (tertiary/aromatic N) is 4. The maximum Gasteiger partial charge on any atom is 0.241 e. The van der Waals surface area contributed by atoms with E-state index in [0.29, 0.717) is 53.1 Å². The van der Waals surface area contributed by atoms with E-state index in [9.17, 15) is 43.6 Å². The Balaban J connectivity index is 1.21. The van der Waals surface area contributed by atoms with Crippen LogP contribution in [0.4, 0.5) is 11.4 Å². The molecule has 8 rings (SSSR count). The van der Waals surface area contributed by atoms with Crippen molar-refractivity contribution < 1.29 is 48.4 Å². The number of hydrogen-bond donors (Lipinski definition) is 5. The van der Waals surface area contributed by atoms with Gasteiger partial charge in [0, 0.05) is 33.0 Å². The third-order valence-corrected chi connectivity index (χ3v) is 18.3. The number of fused-ring (bicyclic) bond motifs is 2. The van der Waals surface area contributed by atoms with Crippen molar-refractivity contribution in [3.05, 3.63) is 107 Å². The number of carbonyl (C=O) groups is 2. The zero-order valence-electron chi connectivity index (χ0n) is 42.5. The number of nitrogens with one attached hydrogen (secondary N) is 4. The molecule has 2 aliphatic carbocycles. The van der Waals surface area contributed by atoms with Crippen molar-refractivity contribution in [1.82, 2.24) is 29.0 Å². The highest BCUT2D eigenvalue weighted by atomic mass is 32.2. The largest absolute Gasteiger partial charge is 0.395 e. The first-order chi connectivity index (χ1) is 34.5. The maximum absolute atomic E-state index is 15.1. The van der Waals surface area contributed by atoms with E-state index >= 15 is 4.79 Å². The molecule has 0 amide bonds. The number of carbonyl (C=O) groups excluding carboxylic acids is 2. The summed E-state index contributed by atoms with van der Waals surface area (Å²) in [5, 5.41) is 20.0. The van der Waals surface area contributed by atoms with Crippen LogP contribution in [0.2, 0.25) is 0 Å². The second kappa shape index (κ2) is 20.5. The standard InChI is InChI=1S/C51H64N8O11S4/c1-50(2,3)56-73(67,68)40-18-12-14-33(27-40)48(61)46-43-21-19-36(54-71(7,63)64)30-45(43)59(53-46)39-17-11-13-32(26-39)34-25-35(29-41(28-34)74(69,70)57-51(4,5)6)49(62)47-42-22-20-37(55-72(65,66)24-23-60)31-44(42)58(52-47)38-15-9-8-10-16-38/h12,14,18-22,25,27-32,38-39,54-57,60H,8-11,13,15-17,23-24,26H2,1-7H3. The van der Waals surface area contributed by atoms with Gasteiger partial charge in [-0.2, -0.15) is 10.2 Å². The van der Waals surface area contributed by atoms with Gasteiger partial charge in [0.1, 0.15) is 11.4 Å². The SMILES string of the molecule is CC(C)(C)NS(=O)(=O)c1cccc(C(=O)c2nn(C3CCCC(c4cc(C(=O)c5nn(C6CCCCC6)c6cc(NS(=O)(=O)CCO)ccc56)cc(S(=O)(=O)NC(C)(C)C)c4)C3)c3cc(NS(C)(=O)=O)ccc23)c1. The van der Waals surface area contributed by atoms with Gasteiger partial charge in [0.25, 0.3) is 0 Å². The molecule has 2 atom stereocenters. The normalized spacial score (nSPS) is 17.7. The molecule has 2 unspecified atom stereocenters. The molecule has 0 radical (unpaired) electrons. The molecule has 4 aromatic carbocycles. The Labute approximate surface area is 433 Å². The van der Waals surface area contributed by atoms with Crippen molar-refractivity contribution in [3.63, 3.8) is 0 Å². The number of aromatic nitrogens is 4. The molecule has 6 aromatic rings. The van der Waals surface area contributed by atoms with E-state index in [0.717, 1.165) is 38.4 Å². The molecule has 2 heterocycles. The lowest BCUT2D eigenvalue weighted by molar-refractivity contribution is 0.102. The molecule has 5 N–H and O–H groups in total. The molecular formula is C51H64N8O11S4. The second-order valence-corrected chi connectivity index (χ2v) is 28.5. The number of aliphatic hydroxyl groups is 1. The summed E-state index contributed by atoms with van der Waals surface area (Å²) in [5.74, 6) is -1.97. The number of hydrogen-bond acceptors (Lipinski definition) is 13. The molecule has 2 fully saturated rings. The Morgan fingerprint density at radius 1 is 0.608 bits per heavy atom. The van der Waals surface area contributed by atoms with Gasteiger partial charge < -0.3 is 5.11 Å². The Morgan fingerprint density at radius 2 is 1.14 bits per heavy atom. The van der Waals surface area contributed by atoms with Crippen molar-refractivity contribution >= 4 is 84.8 Å². The van der Waals surface area contributed by atoms with Crippen LogP contribution in [0.3, 0.4) is 0 Å². The molecule has 0 saturated heterocycles. The van der Waals surface area contributed by atoms with Gasteiger partial charge in [-0.1, -0.05) is 37.8 Å². The summed E-state index contributed by atoms with van der Waals surface area (Å²) in [6.07, 6.45) is 7.63. The molecule has 2 saturated carbocycles. The number of ketones is 2. The first-order valence-corrected chi connectivity index (χ1v) is 31.1. The first kappa shape index (κ1) is 54.7. The quantitative estimate of drug-likeness (QED) is 0.0554. The fraction of sp³-hybridized carbons (Fsp3) is 0.451. The zero-order chi connectivity index (χ0) is 53.8. The Hall–Kier alpha value is -5.56. The van der Waals surface area contributed by atoms with Crippen LogP contribution in [-0.4, -0.2) is 99.6 Å². The molecule has 0 spiro atoms. The van der Waals surface area contributed by atoms with Crippen LogP contribution in [0, 0.1) is 0 Å². The summed E-state index contributed by atoms with van der Waals surface area (Å²) >= 11 is 0. The van der Waals surface area contributed by atoms with Gasteiger partial charge >= 0.3 is 0 Å². The Morgan fingerprint density at radius 3 is 1.70 bits per heavy atom. The van der Waals surface area contributed by atoms with Gasteiger partial charge in [-0.05, 0) is 152 Å². The third-order valence-electron chi connectivity index (χ3n) is 13.0. The van der Waals surface area contributed by atoms with E-state index in [1.165, 1.54) is 42.5 Å². The van der Waals surface area contributed by atoms with Crippen LogP contribution in [0.5, 0.6) is 0 Å². The summed E-state index contributed by atoms with van der Waals surface area (Å²) in [6.45, 7) is 9.67. The highest BCUT2D eigenvalue weighted by Crippen LogP contribution is 2.42. The second-order valence-electron chi connectivity index (χ2n) is 21.6. The van der Waals surface area contributed by atoms with Crippen LogP contribution in [0.25, 0.3) is 21.8 Å². The average Bonchev–Trinajstić information content (AvgIpc) is 3.88. The average molecular weight is 1090 g/mol. The molecule has 2 aliphatic rings. The monoisotopic (exact) mass is 1090 g/mol. The van der Waals surface area contributed by atoms with Crippen LogP contribution in [0.15, 0.2) is 88.7 Å². The predicted molar refractivity (Wildman–Crippen MR) is 285 cm³/mol. The van der Waals surface area contributed by atoms with Crippen LogP contribution in [0.1, 0.15) is 155 Å². The van der Waals surface area contributed by atoms with Gasteiger partial charge in [-0.25, -0.2) is 43.1 Å². The lowest BCUT2D eigenvalue weighted by Crippen LogP contribution is -2.40. The van der Waals surface area contributed by atoms with Crippen molar-refractivity contribution in [2.45, 2.75) is 138 Å². The van der Waals surface area contributed by atoms with Crippen molar-refractivity contribution in [3.8, 4) is 0 Å². The van der Waals surface area contributed by atoms with E-state index in [-0.39, 0.29) is 55.6 Å². The molecule has 0 bridgehead atoms. The van der Waals surface area contributed by atoms with Crippen molar-refractivity contribution in [2.75, 3.05) is 28.1 Å². The molecule has 23 heteroatoms. The third kappa shape index (κ3) is 12.6. The summed E-state index contributed by atoms with van der Waals surface area (Å²) in [4.78, 5) is 29.3. The summed E-state index contributed by atoms with van der Waals surface area (Å²) in [7, 11) is -15.9. The lowest BCUT2D eigenvalue weighted by Gasteiger charge is -2.31. The number of anilines is 2. The molecule has 398 valence electrons. The Bertz CT molecular complexity index is 3630. The van der Waals surface area contributed by atoms with E-state index in [1.54, 1.807) is 87.3 Å². The fourth-order valence-electron chi connectivity index (χ4n) is 10.0. The Kier molecular flexibility index (Phi) is 15.2. The minimum Gasteiger partial charge on any atom is -0.395 e. The molecular weight excluding hydrogens is 1030 g/mol. The van der Waals surface area contributed by atoms with Crippen molar-refractivity contribution in [2.24, 2.45) is 0 Å². The van der Waals surface area contributed by atoms with Gasteiger partial charge in [-0.15, -0.1) is 0 Å². The highest BCUT2D eigenvalue weighted by molar-refractivity contribution is 7.92. The molecule has 74 heavy (non-hydrogen) atoms. The zero-order valence-corrected chi connectivity index (χ0v) is 45.7. The van der Waals surface area contributed by atoms with Crippen LogP contribution in [-0.2, 0) is 40.1 Å². The van der Waals surface area contributed by atoms with E-state index in [1.807, 2.05) is 0 Å². The van der Waals surface area contributed by atoms with Gasteiger partial charge in [0.2, 0.25) is 51.7 Å². The molecule has 2 aromatic heterocycles. The maximum atomic E-state index is 15.1. The van der Waals surface area contributed by atoms with Gasteiger partial charge in [0.05, 0.1) is 62.9 Å². The lowest BCUT2D eigenvalue weighted by atomic mass is 9.80. The molecule has 19 nitrogen and oxygen atoms in total. The van der Waals surface area contributed by atoms with E-state index < -0.39 is 81.1 Å². The number of aliphatic hydroxyl groups excluding tert-OH is 1. The molecule has 0 aliphatic heterocycles. The smallest absolute Gasteiger partial charge is 0.241 e. The van der Waals surface area contributed by atoms with Crippen LogP contribution >= 0.6 is 0 Å². The fourth-order valence-corrected chi connectivity index (χ4v) is 14.4. The van der Waals surface area contributed by atoms with E-state index in [4.69, 9.17) is 10.2 Å². The minimum atomic E-state index is -4.23. The van der Waals surface area contributed by atoms with Crippen LogP contribution < -0.4 is 18.9 Å².